The summed E-state index contributed by atoms with van der Waals surface area (Å²) in [5, 5.41) is 14.1. The summed E-state index contributed by atoms with van der Waals surface area (Å²) in [7, 11) is 0. The number of nitrogens with zero attached hydrogens (tertiary/aromatic N) is 2. The third kappa shape index (κ3) is 5.90. The van der Waals surface area contributed by atoms with Crippen molar-refractivity contribution in [1.29, 1.82) is 0 Å². The van der Waals surface area contributed by atoms with Gasteiger partial charge in [-0.1, -0.05) is 80.9 Å². The number of carbonyl (C=O) groups is 1. The summed E-state index contributed by atoms with van der Waals surface area (Å²) >= 11 is 1.74. The molecule has 0 atom stereocenters. The Kier molecular flexibility index (Phi) is 6.65. The maximum atomic E-state index is 12.9. The van der Waals surface area contributed by atoms with Gasteiger partial charge in [-0.05, 0) is 35.7 Å². The number of aromatic nitrogens is 3. The second-order valence-corrected chi connectivity index (χ2v) is 10.9. The van der Waals surface area contributed by atoms with Crippen molar-refractivity contribution in [2.24, 2.45) is 0 Å². The van der Waals surface area contributed by atoms with E-state index < -0.39 is 0 Å². The molecule has 33 heavy (non-hydrogen) atoms. The summed E-state index contributed by atoms with van der Waals surface area (Å²) in [5.74, 6) is -0.0310. The van der Waals surface area contributed by atoms with Crippen molar-refractivity contribution in [2.75, 3.05) is 5.32 Å². The molecule has 2 N–H and O–H groups in total. The minimum absolute atomic E-state index is 0.0105. The predicted octanol–water partition coefficient (Wildman–Crippen LogP) is 6.52. The highest BCUT2D eigenvalue weighted by Crippen LogP contribution is 2.40. The lowest BCUT2D eigenvalue weighted by molar-refractivity contribution is -0.115. The van der Waals surface area contributed by atoms with Gasteiger partial charge in [-0.15, -0.1) is 11.8 Å². The molecule has 3 aromatic carbocycles. The number of nitrogens with one attached hydrogen (secondary N) is 2. The standard InChI is InChI=1S/C27H28N4OS/c1-18-9-11-19(12-10-18)15-26(32)29-23-16-20(13-14-25(23)33-27(2,3)4)21-7-5-6-8-22(21)24-17-28-31-30-24/h5-14,16-17H,15H2,1-4H3,(H,29,32)(H,28,30,31). The van der Waals surface area contributed by atoms with E-state index in [0.29, 0.717) is 6.42 Å². The van der Waals surface area contributed by atoms with Crippen LogP contribution >= 0.6 is 11.8 Å². The third-order valence-corrected chi connectivity index (χ3v) is 6.27. The Morgan fingerprint density at radius 1 is 1.00 bits per heavy atom. The molecule has 1 aromatic heterocycles. The number of rotatable bonds is 6. The number of anilines is 1. The third-order valence-electron chi connectivity index (χ3n) is 5.08. The van der Waals surface area contributed by atoms with Crippen molar-refractivity contribution in [2.45, 2.75) is 43.8 Å². The zero-order chi connectivity index (χ0) is 23.4. The molecular weight excluding hydrogens is 428 g/mol. The number of benzene rings is 3. The van der Waals surface area contributed by atoms with E-state index in [-0.39, 0.29) is 10.7 Å². The van der Waals surface area contributed by atoms with Gasteiger partial charge in [0.25, 0.3) is 0 Å². The van der Waals surface area contributed by atoms with Gasteiger partial charge in [0.2, 0.25) is 5.91 Å². The minimum atomic E-state index is -0.0310. The van der Waals surface area contributed by atoms with Crippen molar-refractivity contribution < 1.29 is 4.79 Å². The van der Waals surface area contributed by atoms with Gasteiger partial charge in [-0.25, -0.2) is 0 Å². The van der Waals surface area contributed by atoms with Crippen LogP contribution in [0.3, 0.4) is 0 Å². The molecule has 0 aliphatic carbocycles. The first-order valence-corrected chi connectivity index (χ1v) is 11.7. The van der Waals surface area contributed by atoms with E-state index in [9.17, 15) is 4.79 Å². The lowest BCUT2D eigenvalue weighted by Gasteiger charge is -2.21. The highest BCUT2D eigenvalue weighted by Gasteiger charge is 2.18. The van der Waals surface area contributed by atoms with Gasteiger partial charge in [0.05, 0.1) is 18.3 Å². The molecule has 1 heterocycles. The monoisotopic (exact) mass is 456 g/mol. The van der Waals surface area contributed by atoms with Crippen LogP contribution in [0.15, 0.2) is 77.8 Å². The number of amides is 1. The molecule has 0 aliphatic heterocycles. The predicted molar refractivity (Wildman–Crippen MR) is 136 cm³/mol. The molecule has 6 heteroatoms. The molecule has 0 spiro atoms. The van der Waals surface area contributed by atoms with Gasteiger partial charge in [-0.3, -0.25) is 4.79 Å². The van der Waals surface area contributed by atoms with E-state index in [2.05, 4.69) is 65.8 Å². The molecule has 0 radical (unpaired) electrons. The molecule has 4 rings (SSSR count). The number of H-pyrrole nitrogens is 1. The molecule has 168 valence electrons. The van der Waals surface area contributed by atoms with Gasteiger partial charge < -0.3 is 5.32 Å². The van der Waals surface area contributed by atoms with Crippen LogP contribution in [0.4, 0.5) is 5.69 Å². The first-order chi connectivity index (χ1) is 15.8. The van der Waals surface area contributed by atoms with E-state index in [1.807, 2.05) is 49.4 Å². The molecule has 0 aliphatic rings. The Morgan fingerprint density at radius 3 is 2.39 bits per heavy atom. The number of aromatic amines is 1. The SMILES string of the molecule is Cc1ccc(CC(=O)Nc2cc(-c3ccccc3-c3cn[nH]n3)ccc2SC(C)(C)C)cc1. The van der Waals surface area contributed by atoms with Crippen molar-refractivity contribution >= 4 is 23.4 Å². The summed E-state index contributed by atoms with van der Waals surface area (Å²) in [6, 6.07) is 22.4. The fourth-order valence-electron chi connectivity index (χ4n) is 3.59. The van der Waals surface area contributed by atoms with Crippen LogP contribution in [0.5, 0.6) is 0 Å². The molecule has 1 amide bonds. The van der Waals surface area contributed by atoms with Crippen molar-refractivity contribution in [3.63, 3.8) is 0 Å². The van der Waals surface area contributed by atoms with Crippen LogP contribution in [0, 0.1) is 6.92 Å². The number of thioether (sulfide) groups is 1. The van der Waals surface area contributed by atoms with Gasteiger partial charge in [0, 0.05) is 15.2 Å². The Hall–Kier alpha value is -3.38. The largest absolute Gasteiger partial charge is 0.325 e. The normalized spacial score (nSPS) is 11.4. The zero-order valence-electron chi connectivity index (χ0n) is 19.3. The second kappa shape index (κ2) is 9.63. The number of hydrogen-bond donors (Lipinski definition) is 2. The number of hydrogen-bond acceptors (Lipinski definition) is 4. The molecule has 0 saturated carbocycles. The van der Waals surface area contributed by atoms with E-state index in [4.69, 9.17) is 0 Å². The van der Waals surface area contributed by atoms with Crippen LogP contribution in [0.1, 0.15) is 31.9 Å². The molecule has 0 bridgehead atoms. The Bertz CT molecular complexity index is 1240. The van der Waals surface area contributed by atoms with Crippen LogP contribution < -0.4 is 5.32 Å². The van der Waals surface area contributed by atoms with Crippen LogP contribution in [0.2, 0.25) is 0 Å². The zero-order valence-corrected chi connectivity index (χ0v) is 20.2. The molecule has 4 aromatic rings. The first kappa shape index (κ1) is 22.8. The lowest BCUT2D eigenvalue weighted by Crippen LogP contribution is -2.16. The average molecular weight is 457 g/mol. The average Bonchev–Trinajstić information content (AvgIpc) is 3.30. The quantitative estimate of drug-likeness (QED) is 0.324. The smallest absolute Gasteiger partial charge is 0.228 e. The van der Waals surface area contributed by atoms with E-state index in [1.54, 1.807) is 18.0 Å². The Morgan fingerprint density at radius 2 is 1.73 bits per heavy atom. The minimum Gasteiger partial charge on any atom is -0.325 e. The van der Waals surface area contributed by atoms with Crippen LogP contribution in [-0.2, 0) is 11.2 Å². The summed E-state index contributed by atoms with van der Waals surface area (Å²) in [6.45, 7) is 8.55. The summed E-state index contributed by atoms with van der Waals surface area (Å²) in [5.41, 5.74) is 6.81. The fraction of sp³-hybridized carbons (Fsp3) is 0.222. The van der Waals surface area contributed by atoms with Gasteiger partial charge in [0.1, 0.15) is 5.69 Å². The first-order valence-electron chi connectivity index (χ1n) is 10.9. The van der Waals surface area contributed by atoms with Gasteiger partial charge in [0.15, 0.2) is 0 Å². The Labute approximate surface area is 199 Å². The lowest BCUT2D eigenvalue weighted by atomic mass is 9.97. The topological polar surface area (TPSA) is 70.7 Å². The summed E-state index contributed by atoms with van der Waals surface area (Å²) < 4.78 is 0.0105. The van der Waals surface area contributed by atoms with E-state index >= 15 is 0 Å². The highest BCUT2D eigenvalue weighted by molar-refractivity contribution is 8.00. The highest BCUT2D eigenvalue weighted by atomic mass is 32.2. The number of aryl methyl sites for hydroxylation is 1. The summed E-state index contributed by atoms with van der Waals surface area (Å²) in [4.78, 5) is 14.0. The van der Waals surface area contributed by atoms with Crippen molar-refractivity contribution in [3.05, 3.63) is 84.1 Å². The maximum Gasteiger partial charge on any atom is 0.228 e. The molecule has 0 fully saturated rings. The maximum absolute atomic E-state index is 12.9. The van der Waals surface area contributed by atoms with Crippen molar-refractivity contribution in [1.82, 2.24) is 15.4 Å². The molecule has 0 saturated heterocycles. The van der Waals surface area contributed by atoms with Crippen LogP contribution in [0.25, 0.3) is 22.4 Å². The fourth-order valence-corrected chi connectivity index (χ4v) is 4.61. The Balaban J connectivity index is 1.68. The molecular formula is C27H28N4OS. The molecule has 0 unspecified atom stereocenters. The van der Waals surface area contributed by atoms with E-state index in [0.717, 1.165) is 38.5 Å². The van der Waals surface area contributed by atoms with Crippen LogP contribution in [-0.4, -0.2) is 26.1 Å². The van der Waals surface area contributed by atoms with Gasteiger partial charge in [-0.2, -0.15) is 15.4 Å². The molecule has 5 nitrogen and oxygen atoms in total. The van der Waals surface area contributed by atoms with Gasteiger partial charge >= 0.3 is 0 Å². The van der Waals surface area contributed by atoms with Crippen molar-refractivity contribution in [3.8, 4) is 22.4 Å². The second-order valence-electron chi connectivity index (χ2n) is 9.04. The van der Waals surface area contributed by atoms with E-state index in [1.165, 1.54) is 5.56 Å². The summed E-state index contributed by atoms with van der Waals surface area (Å²) in [6.07, 6.45) is 2.05. The number of carbonyl (C=O) groups excluding carboxylic acids is 1.